The molecule has 2 aromatic heterocycles. The zero-order valence-corrected chi connectivity index (χ0v) is 11.9. The molecule has 112 valence electrons. The molecular formula is C12H14N4O4S. The topological polar surface area (TPSA) is 125 Å². The molecule has 0 saturated carbocycles. The summed E-state index contributed by atoms with van der Waals surface area (Å²) >= 11 is 0. The van der Waals surface area contributed by atoms with Crippen molar-refractivity contribution in [3.63, 3.8) is 0 Å². The largest absolute Gasteiger partial charge is 0.477 e. The molecule has 3 heterocycles. The number of fused-ring (bicyclic) bond motifs is 1. The fraction of sp³-hybridized carbons (Fsp3) is 0.417. The Morgan fingerprint density at radius 2 is 2.29 bits per heavy atom. The van der Waals surface area contributed by atoms with Crippen molar-refractivity contribution in [2.75, 3.05) is 17.6 Å². The average molecular weight is 310 g/mol. The van der Waals surface area contributed by atoms with Gasteiger partial charge in [0.05, 0.1) is 16.4 Å². The van der Waals surface area contributed by atoms with Gasteiger partial charge in [0.2, 0.25) is 0 Å². The first-order chi connectivity index (χ1) is 9.97. The Hall–Kier alpha value is -2.16. The average Bonchev–Trinajstić information content (AvgIpc) is 2.99. The zero-order chi connectivity index (χ0) is 15.0. The third kappa shape index (κ3) is 2.56. The lowest BCUT2D eigenvalue weighted by molar-refractivity contribution is 0.0691. The van der Waals surface area contributed by atoms with Crippen LogP contribution >= 0.6 is 0 Å². The predicted molar refractivity (Wildman–Crippen MR) is 76.1 cm³/mol. The summed E-state index contributed by atoms with van der Waals surface area (Å²) in [5, 5.41) is 12.1. The minimum absolute atomic E-state index is 0.0158. The van der Waals surface area contributed by atoms with Crippen molar-refractivity contribution in [3.8, 4) is 0 Å². The maximum atomic E-state index is 11.8. The van der Waals surface area contributed by atoms with Crippen molar-refractivity contribution in [2.45, 2.75) is 18.1 Å². The van der Waals surface area contributed by atoms with E-state index in [9.17, 15) is 13.2 Å². The molecule has 1 saturated heterocycles. The van der Waals surface area contributed by atoms with Gasteiger partial charge in [-0.15, -0.1) is 0 Å². The van der Waals surface area contributed by atoms with Crippen molar-refractivity contribution >= 4 is 32.7 Å². The molecule has 0 aliphatic carbocycles. The normalized spacial score (nSPS) is 20.7. The Bertz CT molecular complexity index is 799. The third-order valence-corrected chi connectivity index (χ3v) is 5.89. The second-order valence-corrected chi connectivity index (χ2v) is 7.39. The molecule has 3 N–H and O–H groups in total. The van der Waals surface area contributed by atoms with Gasteiger partial charge in [-0.25, -0.2) is 23.2 Å². The predicted octanol–water partition coefficient (Wildman–Crippen LogP) is 0.645. The quantitative estimate of drug-likeness (QED) is 0.756. The number of carbonyl (C=O) groups is 1. The fourth-order valence-corrected chi connectivity index (χ4v) is 4.26. The van der Waals surface area contributed by atoms with Crippen LogP contribution in [0.25, 0.3) is 11.0 Å². The maximum Gasteiger partial charge on any atom is 0.352 e. The number of anilines is 1. The summed E-state index contributed by atoms with van der Waals surface area (Å²) < 4.78 is 23.6. The molecule has 3 rings (SSSR count). The van der Waals surface area contributed by atoms with Gasteiger partial charge in [0.1, 0.15) is 23.5 Å². The summed E-state index contributed by atoms with van der Waals surface area (Å²) in [4.78, 5) is 21.6. The van der Waals surface area contributed by atoms with E-state index in [1.807, 2.05) is 0 Å². The fourth-order valence-electron chi connectivity index (χ4n) is 2.49. The summed E-state index contributed by atoms with van der Waals surface area (Å²) in [6.07, 6.45) is 2.62. The second-order valence-electron chi connectivity index (χ2n) is 4.98. The van der Waals surface area contributed by atoms with Gasteiger partial charge in [-0.05, 0) is 18.9 Å². The highest BCUT2D eigenvalue weighted by atomic mass is 32.2. The van der Waals surface area contributed by atoms with Gasteiger partial charge >= 0.3 is 5.97 Å². The summed E-state index contributed by atoms with van der Waals surface area (Å²) in [7, 11) is -3.03. The van der Waals surface area contributed by atoms with Crippen LogP contribution in [0.2, 0.25) is 0 Å². The van der Waals surface area contributed by atoms with Crippen molar-refractivity contribution in [1.29, 1.82) is 0 Å². The Morgan fingerprint density at radius 1 is 1.48 bits per heavy atom. The van der Waals surface area contributed by atoms with Crippen LogP contribution in [0.15, 0.2) is 12.4 Å². The Balaban J connectivity index is 1.85. The van der Waals surface area contributed by atoms with Crippen molar-refractivity contribution in [3.05, 3.63) is 18.1 Å². The first kappa shape index (κ1) is 13.8. The van der Waals surface area contributed by atoms with Gasteiger partial charge < -0.3 is 15.4 Å². The molecular weight excluding hydrogens is 296 g/mol. The second kappa shape index (κ2) is 4.99. The Labute approximate surface area is 120 Å². The standard InChI is InChI=1S/C12H14N4O4S/c17-12(18)9-4-8-10(14-6-15-11(8)16-9)13-5-7-2-1-3-21(7,19)20/h4,6-7H,1-3,5H2,(H,17,18)(H2,13,14,15,16). The van der Waals surface area contributed by atoms with E-state index in [1.165, 1.54) is 12.4 Å². The van der Waals surface area contributed by atoms with Crippen LogP contribution in [-0.2, 0) is 9.84 Å². The molecule has 0 bridgehead atoms. The number of aromatic amines is 1. The zero-order valence-electron chi connectivity index (χ0n) is 11.0. The molecule has 8 nitrogen and oxygen atoms in total. The molecule has 1 aliphatic rings. The minimum Gasteiger partial charge on any atom is -0.477 e. The van der Waals surface area contributed by atoms with Crippen LogP contribution in [0.4, 0.5) is 5.82 Å². The van der Waals surface area contributed by atoms with Crippen LogP contribution in [0.3, 0.4) is 0 Å². The van der Waals surface area contributed by atoms with E-state index >= 15 is 0 Å². The van der Waals surface area contributed by atoms with E-state index in [2.05, 4.69) is 20.3 Å². The number of aromatic carboxylic acids is 1. The molecule has 0 amide bonds. The monoisotopic (exact) mass is 310 g/mol. The van der Waals surface area contributed by atoms with Gasteiger partial charge in [0.15, 0.2) is 9.84 Å². The summed E-state index contributed by atoms with van der Waals surface area (Å²) in [5.74, 6) is -0.422. The molecule has 0 radical (unpaired) electrons. The molecule has 21 heavy (non-hydrogen) atoms. The van der Waals surface area contributed by atoms with Crippen molar-refractivity contribution in [1.82, 2.24) is 15.0 Å². The van der Waals surface area contributed by atoms with Crippen LogP contribution in [0.5, 0.6) is 0 Å². The van der Waals surface area contributed by atoms with E-state index in [0.29, 0.717) is 29.7 Å². The van der Waals surface area contributed by atoms with Gasteiger partial charge in [-0.2, -0.15) is 0 Å². The van der Waals surface area contributed by atoms with E-state index in [-0.39, 0.29) is 18.0 Å². The molecule has 1 atom stereocenters. The smallest absolute Gasteiger partial charge is 0.352 e. The van der Waals surface area contributed by atoms with Gasteiger partial charge in [-0.1, -0.05) is 0 Å². The van der Waals surface area contributed by atoms with Gasteiger partial charge in [0.25, 0.3) is 0 Å². The highest BCUT2D eigenvalue weighted by molar-refractivity contribution is 7.92. The number of nitrogens with one attached hydrogen (secondary N) is 2. The van der Waals surface area contributed by atoms with E-state index < -0.39 is 21.1 Å². The van der Waals surface area contributed by atoms with Gasteiger partial charge in [0, 0.05) is 6.54 Å². The number of rotatable bonds is 4. The molecule has 9 heteroatoms. The third-order valence-electron chi connectivity index (χ3n) is 3.62. The van der Waals surface area contributed by atoms with Crippen LogP contribution < -0.4 is 5.32 Å². The Kier molecular flexibility index (Phi) is 3.28. The Morgan fingerprint density at radius 3 is 2.95 bits per heavy atom. The van der Waals surface area contributed by atoms with E-state index in [0.717, 1.165) is 0 Å². The number of hydrogen-bond acceptors (Lipinski definition) is 6. The van der Waals surface area contributed by atoms with Crippen LogP contribution in [0, 0.1) is 0 Å². The van der Waals surface area contributed by atoms with Crippen molar-refractivity contribution < 1.29 is 18.3 Å². The van der Waals surface area contributed by atoms with Crippen molar-refractivity contribution in [2.24, 2.45) is 0 Å². The maximum absolute atomic E-state index is 11.8. The number of carboxylic acids is 1. The van der Waals surface area contributed by atoms with E-state index in [4.69, 9.17) is 5.11 Å². The number of aromatic nitrogens is 3. The van der Waals surface area contributed by atoms with E-state index in [1.54, 1.807) is 0 Å². The van der Waals surface area contributed by atoms with Gasteiger partial charge in [-0.3, -0.25) is 0 Å². The number of hydrogen-bond donors (Lipinski definition) is 3. The molecule has 1 unspecified atom stereocenters. The molecule has 0 aromatic carbocycles. The van der Waals surface area contributed by atoms with Crippen LogP contribution in [0.1, 0.15) is 23.3 Å². The minimum atomic E-state index is -3.03. The highest BCUT2D eigenvalue weighted by Crippen LogP contribution is 2.23. The number of carboxylic acid groups (broad SMARTS) is 1. The first-order valence-electron chi connectivity index (χ1n) is 6.50. The van der Waals surface area contributed by atoms with Crippen LogP contribution in [-0.4, -0.2) is 52.0 Å². The summed E-state index contributed by atoms with van der Waals surface area (Å²) in [5.41, 5.74) is 0.418. The summed E-state index contributed by atoms with van der Waals surface area (Å²) in [6, 6.07) is 1.43. The molecule has 0 spiro atoms. The molecule has 1 fully saturated rings. The molecule has 2 aromatic rings. The first-order valence-corrected chi connectivity index (χ1v) is 8.21. The lowest BCUT2D eigenvalue weighted by atomic mass is 10.2. The number of sulfone groups is 1. The molecule has 1 aliphatic heterocycles. The number of nitrogens with zero attached hydrogens (tertiary/aromatic N) is 2. The summed E-state index contributed by atoms with van der Waals surface area (Å²) in [6.45, 7) is 0.266. The highest BCUT2D eigenvalue weighted by Gasteiger charge is 2.31. The lowest BCUT2D eigenvalue weighted by Gasteiger charge is -2.11. The lowest BCUT2D eigenvalue weighted by Crippen LogP contribution is -2.25. The number of H-pyrrole nitrogens is 1. The SMILES string of the molecule is O=C(O)c1cc2c(NCC3CCCS3(=O)=O)ncnc2[nH]1.